The monoisotopic (exact) mass is 2150 g/mol. The van der Waals surface area contributed by atoms with E-state index in [4.69, 9.17) is 104 Å². The Bertz CT molecular complexity index is 4160. The second kappa shape index (κ2) is 52.5. The van der Waals surface area contributed by atoms with Crippen LogP contribution in [0.3, 0.4) is 0 Å². The van der Waals surface area contributed by atoms with Gasteiger partial charge < -0.3 is 299 Å². The van der Waals surface area contributed by atoms with Gasteiger partial charge in [0, 0.05) is 47.6 Å². The van der Waals surface area contributed by atoms with Gasteiger partial charge in [-0.15, -0.1) is 0 Å². The van der Waals surface area contributed by atoms with E-state index in [0.717, 1.165) is 34.8 Å². The average Bonchev–Trinajstić information content (AvgIpc) is 0.750. The van der Waals surface area contributed by atoms with Crippen LogP contribution in [0.25, 0.3) is 0 Å². The molecule has 0 aromatic carbocycles. The minimum Gasteiger partial charge on any atom is -0.477 e. The molecular formula is C81H134N4O62. The van der Waals surface area contributed by atoms with Gasteiger partial charge in [0.15, 0.2) is 56.6 Å². The highest BCUT2D eigenvalue weighted by atomic mass is 16.8. The summed E-state index contributed by atoms with van der Waals surface area (Å²) in [7, 11) is 0.909. The number of aliphatic hydroxyl groups excluding tert-OH is 32. The lowest BCUT2D eigenvalue weighted by molar-refractivity contribution is -0.405. The summed E-state index contributed by atoms with van der Waals surface area (Å²) < 4.78 is 132. The van der Waals surface area contributed by atoms with Crippen molar-refractivity contribution in [1.82, 2.24) is 21.3 Å². The maximum Gasteiger partial charge on any atom is 0.364 e. The molecule has 4 amide bonds. The summed E-state index contributed by atoms with van der Waals surface area (Å²) in [5, 5.41) is 391. The first kappa shape index (κ1) is 122. The van der Waals surface area contributed by atoms with Gasteiger partial charge >= 0.3 is 11.9 Å². The zero-order chi connectivity index (χ0) is 109. The van der Waals surface area contributed by atoms with Crippen LogP contribution in [0.4, 0.5) is 0 Å². The molecule has 11 saturated heterocycles. The van der Waals surface area contributed by atoms with Crippen molar-refractivity contribution in [3.8, 4) is 0 Å². The van der Waals surface area contributed by atoms with Gasteiger partial charge in [-0.1, -0.05) is 0 Å². The molecule has 57 atom stereocenters. The number of methoxy groups -OCH3 is 1. The second-order valence-corrected chi connectivity index (χ2v) is 36.8. The predicted octanol–water partition coefficient (Wildman–Crippen LogP) is -25.3. The molecule has 0 aromatic heterocycles. The van der Waals surface area contributed by atoms with E-state index in [0.29, 0.717) is 0 Å². The Labute approximate surface area is 830 Å². The maximum atomic E-state index is 13.8. The minimum absolute atomic E-state index is 0.819. The number of nitrogens with one attached hydrogen (secondary N) is 4. The number of aliphatic carboxylic acids is 2. The molecule has 11 fully saturated rings. The molecule has 66 nitrogen and oxygen atoms in total. The third kappa shape index (κ3) is 26.5. The first-order valence-corrected chi connectivity index (χ1v) is 46.3. The first-order chi connectivity index (χ1) is 69.4. The van der Waals surface area contributed by atoms with Gasteiger partial charge in [-0.25, -0.2) is 9.59 Å². The van der Waals surface area contributed by atoms with Crippen LogP contribution in [-0.4, -0.2) is 638 Å². The highest BCUT2D eigenvalue weighted by Crippen LogP contribution is 2.46. The predicted molar refractivity (Wildman–Crippen MR) is 448 cm³/mol. The fourth-order valence-electron chi connectivity index (χ4n) is 19.0. The number of carbonyl (C=O) groups excluding carboxylic acids is 4. The summed E-state index contributed by atoms with van der Waals surface area (Å²) in [6, 6.07) is -8.11. The Morgan fingerprint density at radius 2 is 0.551 bits per heavy atom. The van der Waals surface area contributed by atoms with Crippen LogP contribution in [0.2, 0.25) is 0 Å². The lowest BCUT2D eigenvalue weighted by atomic mass is 9.88. The molecule has 66 heteroatoms. The lowest BCUT2D eigenvalue weighted by Crippen LogP contribution is -2.72. The molecule has 0 aliphatic carbocycles. The van der Waals surface area contributed by atoms with E-state index in [-0.39, 0.29) is 0 Å². The standard InChI is InChI=1S/C81H134N4O62/c1-19(96)82-36-23(100)6-80(78(122)123,144-60(36)40(104)25(102)8-86)146-65-46(110)31(14-92)130-74(56(65)120)137-58-33(16-94)134-69(38(84-21(3)98)62(58)139-72-53(117)49(113)42(106)27(10-88)128-72)142-67-51(115)44(108)29(12-90)132-76(67)127-18-35-48(112)64(55(119)71(126-5)136-35)141-77-68(52(116)45(109)30(13-91)133-77)143-70-39(85-22(4)99)63(140-73-54(118)50(114)43(107)28(11-89)129-73)59(34(17-95)135-70)138-75-57(121)66(47(111)32(15-93)131-75)147-81(79(124)125)7-24(101)37(83-20(2)97)61(145-81)41(105)26(103)9-87/h23-77,86-95,100-121H,6-18H2,1-5H3,(H,82,96)(H,83,97)(H,84,98)(H,85,99)(H,122,123)(H,124,125)/t23-,24-,25+,26+,27-,28-,29+,30+,31+,32+,33+,34+,35+,36+,37+,38+,39+,40+,41+,42+,43+,44+,45+,46-,47-,48+,49+,50+,51-,52-,53-,54-,55-,56+,57+,58+,59+,60+,61+,62+,63+,64-,65-,66-,67-,68-,69-,70-,71-,72-,73-,74-,75-,76-,77+,80-,81-/m0/s1. The molecule has 147 heavy (non-hydrogen) atoms. The number of hydrogen-bond donors (Lipinski definition) is 38. The van der Waals surface area contributed by atoms with Crippen molar-refractivity contribution in [1.29, 1.82) is 0 Å². The van der Waals surface area contributed by atoms with Gasteiger partial charge in [0.05, 0.1) is 97.0 Å². The summed E-state index contributed by atoms with van der Waals surface area (Å²) in [6.45, 7) is -10.4. The lowest BCUT2D eigenvalue weighted by Gasteiger charge is -2.52. The highest BCUT2D eigenvalue weighted by molar-refractivity contribution is 5.78. The second-order valence-electron chi connectivity index (χ2n) is 36.8. The van der Waals surface area contributed by atoms with Crippen molar-refractivity contribution in [2.24, 2.45) is 0 Å². The number of rotatable bonds is 42. The highest BCUT2D eigenvalue weighted by Gasteiger charge is 2.67. The summed E-state index contributed by atoms with van der Waals surface area (Å²) in [6.07, 6.45) is -120. The van der Waals surface area contributed by atoms with Crippen molar-refractivity contribution in [2.45, 2.75) is 389 Å². The van der Waals surface area contributed by atoms with Crippen LogP contribution >= 0.6 is 0 Å². The maximum absolute atomic E-state index is 13.8. The molecular weight excluding hydrogens is 2020 g/mol. The molecule has 11 aliphatic heterocycles. The summed E-state index contributed by atoms with van der Waals surface area (Å²) in [5.74, 6) is -15.4. The first-order valence-electron chi connectivity index (χ1n) is 46.3. The molecule has 11 rings (SSSR count). The Morgan fingerprint density at radius 1 is 0.286 bits per heavy atom. The topological polar surface area (TPSA) is 1040 Å². The summed E-state index contributed by atoms with van der Waals surface area (Å²) in [5.41, 5.74) is 0. The molecule has 0 unspecified atom stereocenters. The minimum atomic E-state index is -3.41. The summed E-state index contributed by atoms with van der Waals surface area (Å²) >= 11 is 0. The Balaban J connectivity index is 0.896. The molecule has 11 aliphatic rings. The zero-order valence-electron chi connectivity index (χ0n) is 78.6. The number of carboxylic acids is 2. The van der Waals surface area contributed by atoms with Crippen LogP contribution in [0.1, 0.15) is 40.5 Å². The molecule has 0 saturated carbocycles. The van der Waals surface area contributed by atoms with Gasteiger partial charge in [0.1, 0.15) is 256 Å². The van der Waals surface area contributed by atoms with E-state index in [9.17, 15) is 202 Å². The number of amides is 4. The number of carbonyl (C=O) groups is 6. The Morgan fingerprint density at radius 3 is 0.878 bits per heavy atom. The molecule has 11 heterocycles. The van der Waals surface area contributed by atoms with Crippen molar-refractivity contribution in [3.63, 3.8) is 0 Å². The van der Waals surface area contributed by atoms with Crippen LogP contribution in [0.5, 0.6) is 0 Å². The van der Waals surface area contributed by atoms with Crippen molar-refractivity contribution in [3.05, 3.63) is 0 Å². The molecule has 0 aromatic rings. The molecule has 0 radical (unpaired) electrons. The zero-order valence-corrected chi connectivity index (χ0v) is 78.6. The van der Waals surface area contributed by atoms with E-state index in [2.05, 4.69) is 21.3 Å². The SMILES string of the molecule is CO[C@H]1O[C@H](CO[C@H]2O[C@H](CO)[C@@H](O)[C@H](O)[C@@H]2O[C@@H]2O[C@H](CO)[C@@H](O[C@@H]3O[C@H](CO)[C@H](O)[C@H](O[C@]4(C(=O)O)C[C@H](O)[C@@H](NC(C)=O)[C@H]([C@H](O)[C@H](O)CO)O4)[C@H]3O)[C@H](O[C@@H]3O[C@@H](CO)[C@@H](O)[C@@H](O)[C@@H]3O)[C@H]2NC(C)=O)[C@@H](O)[C@H](O[C@H]2O[C@H](CO)[C@@H](O)[C@H](O)[C@@H]2O[C@@H]2O[C@H](CO)[C@@H](O[C@@H]3O[C@H](CO)[C@H](O)[C@H](O[C@]4(C(=O)O)C[C@H](O)[C@@H](NC(C)=O)[C@H]([C@H](O)[C@H](O)CO)O4)[C@H]3O)[C@H](O[C@@H]3O[C@@H](CO)[C@@H](O)[C@@H](O)[C@@H]3O)[C@H]2NC(C)=O)[C@@H]1O. The number of hydrogen-bond acceptors (Lipinski definition) is 60. The van der Waals surface area contributed by atoms with Gasteiger partial charge in [0.25, 0.3) is 11.6 Å². The van der Waals surface area contributed by atoms with Gasteiger partial charge in [-0.05, 0) is 0 Å². The van der Waals surface area contributed by atoms with E-state index < -0.39 is 470 Å². The van der Waals surface area contributed by atoms with Crippen molar-refractivity contribution >= 4 is 35.6 Å². The van der Waals surface area contributed by atoms with E-state index in [1.165, 1.54) is 0 Å². The number of aliphatic hydroxyl groups is 32. The normalized spacial score (nSPS) is 47.3. The van der Waals surface area contributed by atoms with Crippen LogP contribution < -0.4 is 21.3 Å². The fourth-order valence-corrected chi connectivity index (χ4v) is 19.0. The third-order valence-electron chi connectivity index (χ3n) is 26.7. The van der Waals surface area contributed by atoms with E-state index in [1.807, 2.05) is 0 Å². The van der Waals surface area contributed by atoms with Crippen LogP contribution in [0, 0.1) is 0 Å². The quantitative estimate of drug-likeness (QED) is 0.0270. The molecule has 0 bridgehead atoms. The third-order valence-corrected chi connectivity index (χ3v) is 26.7. The fraction of sp³-hybridized carbons (Fsp3) is 0.926. The van der Waals surface area contributed by atoms with Gasteiger partial charge in [-0.2, -0.15) is 0 Å². The molecule has 38 N–H and O–H groups in total. The van der Waals surface area contributed by atoms with Crippen molar-refractivity contribution < 1.29 is 307 Å². The molecule has 850 valence electrons. The van der Waals surface area contributed by atoms with Crippen LogP contribution in [-0.2, 0) is 133 Å². The largest absolute Gasteiger partial charge is 0.477 e. The number of ether oxygens (including phenoxy) is 22. The van der Waals surface area contributed by atoms with Gasteiger partial charge in [-0.3, -0.25) is 19.2 Å². The smallest absolute Gasteiger partial charge is 0.364 e. The Kier molecular flexibility index (Phi) is 43.5. The Hall–Kier alpha value is -5.34. The number of carboxylic acid groups (broad SMARTS) is 2. The van der Waals surface area contributed by atoms with Gasteiger partial charge in [0.2, 0.25) is 23.6 Å². The van der Waals surface area contributed by atoms with Crippen LogP contribution in [0.15, 0.2) is 0 Å². The molecule has 0 spiro atoms. The van der Waals surface area contributed by atoms with E-state index in [1.54, 1.807) is 0 Å². The summed E-state index contributed by atoms with van der Waals surface area (Å²) in [4.78, 5) is 79.2. The average molecular weight is 2160 g/mol. The van der Waals surface area contributed by atoms with Crippen molar-refractivity contribution in [2.75, 3.05) is 79.8 Å². The van der Waals surface area contributed by atoms with E-state index >= 15 is 0 Å².